The van der Waals surface area contributed by atoms with Crippen LogP contribution >= 0.6 is 0 Å². The van der Waals surface area contributed by atoms with Crippen molar-refractivity contribution >= 4 is 15.7 Å². The maximum absolute atomic E-state index is 12.5. The topological polar surface area (TPSA) is 89.3 Å². The molecule has 1 fully saturated rings. The lowest BCUT2D eigenvalue weighted by atomic mass is 9.98. The largest absolute Gasteiger partial charge is 0.349 e. The first kappa shape index (κ1) is 17.4. The predicted octanol–water partition coefficient (Wildman–Crippen LogP) is 1.73. The van der Waals surface area contributed by atoms with Crippen molar-refractivity contribution in [1.82, 2.24) is 5.32 Å². The van der Waals surface area contributed by atoms with Crippen LogP contribution in [-0.4, -0.2) is 32.2 Å². The summed E-state index contributed by atoms with van der Waals surface area (Å²) in [6.07, 6.45) is 6.93. The number of amides is 1. The number of sulfone groups is 1. The number of aryl methyl sites for hydroxylation is 2. The lowest BCUT2D eigenvalue weighted by Gasteiger charge is -2.28. The van der Waals surface area contributed by atoms with Gasteiger partial charge in [-0.3, -0.25) is 4.79 Å². The lowest BCUT2D eigenvalue weighted by molar-refractivity contribution is -0.122. The second-order valence-corrected chi connectivity index (χ2v) is 9.20. The van der Waals surface area contributed by atoms with E-state index in [9.17, 15) is 13.2 Å². The maximum Gasteiger partial charge on any atom is 0.221 e. The highest BCUT2D eigenvalue weighted by molar-refractivity contribution is 7.91. The molecule has 132 valence electrons. The van der Waals surface area contributed by atoms with Crippen molar-refractivity contribution in [3.63, 3.8) is 0 Å². The second kappa shape index (κ2) is 6.84. The maximum atomic E-state index is 12.5. The first-order valence-electron chi connectivity index (χ1n) is 8.80. The molecular weight excluding hydrogens is 324 g/mol. The van der Waals surface area contributed by atoms with E-state index in [-0.39, 0.29) is 23.6 Å². The number of nitrogens with one attached hydrogen (secondary N) is 1. The van der Waals surface area contributed by atoms with E-state index < -0.39 is 9.84 Å². The van der Waals surface area contributed by atoms with Gasteiger partial charge in [-0.15, -0.1) is 0 Å². The molecule has 0 radical (unpaired) electrons. The molecule has 1 saturated carbocycles. The summed E-state index contributed by atoms with van der Waals surface area (Å²) in [5, 5.41) is 2.98. The van der Waals surface area contributed by atoms with Crippen molar-refractivity contribution in [3.05, 3.63) is 29.3 Å². The zero-order chi connectivity index (χ0) is 17.2. The Morgan fingerprint density at radius 3 is 2.54 bits per heavy atom. The zero-order valence-electron chi connectivity index (χ0n) is 14.0. The first-order chi connectivity index (χ1) is 11.4. The summed E-state index contributed by atoms with van der Waals surface area (Å²) in [5.74, 6) is -0.370. The summed E-state index contributed by atoms with van der Waals surface area (Å²) in [4.78, 5) is 12.5. The van der Waals surface area contributed by atoms with Crippen LogP contribution in [0.4, 0.5) is 0 Å². The Balaban J connectivity index is 1.61. The molecule has 1 amide bonds. The second-order valence-electron chi connectivity index (χ2n) is 7.09. The van der Waals surface area contributed by atoms with Gasteiger partial charge in [-0.2, -0.15) is 0 Å². The van der Waals surface area contributed by atoms with Gasteiger partial charge in [0.25, 0.3) is 0 Å². The van der Waals surface area contributed by atoms with Crippen molar-refractivity contribution in [2.45, 2.75) is 61.8 Å². The van der Waals surface area contributed by atoms with E-state index in [0.29, 0.717) is 11.4 Å². The van der Waals surface area contributed by atoms with E-state index in [1.807, 2.05) is 6.07 Å². The van der Waals surface area contributed by atoms with Gasteiger partial charge in [0, 0.05) is 13.0 Å². The molecule has 0 saturated heterocycles. The van der Waals surface area contributed by atoms with Crippen molar-refractivity contribution in [1.29, 1.82) is 0 Å². The fourth-order valence-corrected chi connectivity index (χ4v) is 5.16. The lowest BCUT2D eigenvalue weighted by Crippen LogP contribution is -2.51. The van der Waals surface area contributed by atoms with Crippen molar-refractivity contribution < 1.29 is 13.2 Å². The molecule has 3 rings (SSSR count). The zero-order valence-corrected chi connectivity index (χ0v) is 14.8. The van der Waals surface area contributed by atoms with Crippen LogP contribution in [-0.2, 0) is 27.5 Å². The molecule has 24 heavy (non-hydrogen) atoms. The molecule has 0 aromatic heterocycles. The Hall–Kier alpha value is -1.40. The SMILES string of the molecule is NCC1(NC(=O)CCS(=O)(=O)c2ccc3c(c2)CCC3)CCCC1. The molecular formula is C18H26N2O3S. The number of nitrogens with two attached hydrogens (primary N) is 1. The molecule has 2 aliphatic rings. The number of benzene rings is 1. The minimum Gasteiger partial charge on any atom is -0.349 e. The van der Waals surface area contributed by atoms with Crippen molar-refractivity contribution in [2.75, 3.05) is 12.3 Å². The van der Waals surface area contributed by atoms with Crippen molar-refractivity contribution in [3.8, 4) is 0 Å². The first-order valence-corrected chi connectivity index (χ1v) is 10.5. The van der Waals surface area contributed by atoms with Crippen LogP contribution in [0.15, 0.2) is 23.1 Å². The van der Waals surface area contributed by atoms with E-state index >= 15 is 0 Å². The number of hydrogen-bond acceptors (Lipinski definition) is 4. The highest BCUT2D eigenvalue weighted by atomic mass is 32.2. The number of fused-ring (bicyclic) bond motifs is 1. The minimum absolute atomic E-state index is 0.0127. The summed E-state index contributed by atoms with van der Waals surface area (Å²) in [6.45, 7) is 0.413. The van der Waals surface area contributed by atoms with Crippen LogP contribution in [0.5, 0.6) is 0 Å². The highest BCUT2D eigenvalue weighted by Gasteiger charge is 2.34. The van der Waals surface area contributed by atoms with E-state index in [1.165, 1.54) is 5.56 Å². The number of carbonyl (C=O) groups is 1. The fraction of sp³-hybridized carbons (Fsp3) is 0.611. The van der Waals surface area contributed by atoms with Gasteiger partial charge in [0.05, 0.1) is 16.2 Å². The summed E-state index contributed by atoms with van der Waals surface area (Å²) in [5.41, 5.74) is 7.87. The fourth-order valence-electron chi connectivity index (χ4n) is 3.88. The molecule has 5 nitrogen and oxygen atoms in total. The minimum atomic E-state index is -3.43. The highest BCUT2D eigenvalue weighted by Crippen LogP contribution is 2.29. The van der Waals surface area contributed by atoms with Gasteiger partial charge in [-0.25, -0.2) is 8.42 Å². The molecule has 0 aliphatic heterocycles. The van der Waals surface area contributed by atoms with E-state index in [0.717, 1.165) is 50.5 Å². The molecule has 6 heteroatoms. The normalized spacial score (nSPS) is 19.2. The van der Waals surface area contributed by atoms with Gasteiger partial charge >= 0.3 is 0 Å². The third-order valence-corrected chi connectivity index (χ3v) is 7.10. The number of hydrogen-bond donors (Lipinski definition) is 2. The Labute approximate surface area is 143 Å². The Kier molecular flexibility index (Phi) is 4.97. The number of rotatable bonds is 6. The molecule has 0 spiro atoms. The molecule has 0 bridgehead atoms. The summed E-state index contributed by atoms with van der Waals surface area (Å²) < 4.78 is 25.0. The average molecular weight is 350 g/mol. The molecule has 0 atom stereocenters. The van der Waals surface area contributed by atoms with E-state index in [2.05, 4.69) is 5.32 Å². The molecule has 0 unspecified atom stereocenters. The third kappa shape index (κ3) is 3.64. The summed E-state index contributed by atoms with van der Waals surface area (Å²) in [7, 11) is -3.43. The van der Waals surface area contributed by atoms with Crippen LogP contribution in [0, 0.1) is 0 Å². The molecule has 3 N–H and O–H groups in total. The standard InChI is InChI=1S/C18H26N2O3S/c19-13-18(9-1-2-10-18)20-17(21)8-11-24(22,23)16-7-6-14-4-3-5-15(14)12-16/h6-7,12H,1-5,8-11,13,19H2,(H,20,21). The van der Waals surface area contributed by atoms with Crippen LogP contribution in [0.3, 0.4) is 0 Å². The molecule has 2 aliphatic carbocycles. The predicted molar refractivity (Wildman–Crippen MR) is 93.5 cm³/mol. The Morgan fingerprint density at radius 2 is 1.83 bits per heavy atom. The monoisotopic (exact) mass is 350 g/mol. The number of carbonyl (C=O) groups excluding carboxylic acids is 1. The van der Waals surface area contributed by atoms with Crippen LogP contribution in [0.1, 0.15) is 49.7 Å². The summed E-state index contributed by atoms with van der Waals surface area (Å²) >= 11 is 0. The third-order valence-electron chi connectivity index (χ3n) is 5.38. The molecule has 1 aromatic carbocycles. The van der Waals surface area contributed by atoms with Crippen LogP contribution in [0.25, 0.3) is 0 Å². The molecule has 1 aromatic rings. The molecule has 0 heterocycles. The summed E-state index contributed by atoms with van der Waals surface area (Å²) in [6, 6.07) is 5.38. The van der Waals surface area contributed by atoms with Crippen LogP contribution < -0.4 is 11.1 Å². The smallest absolute Gasteiger partial charge is 0.221 e. The van der Waals surface area contributed by atoms with Gasteiger partial charge in [0.2, 0.25) is 5.91 Å². The van der Waals surface area contributed by atoms with Gasteiger partial charge in [0.15, 0.2) is 9.84 Å². The van der Waals surface area contributed by atoms with E-state index in [1.54, 1.807) is 12.1 Å². The quantitative estimate of drug-likeness (QED) is 0.817. The van der Waals surface area contributed by atoms with Crippen LogP contribution in [0.2, 0.25) is 0 Å². The van der Waals surface area contributed by atoms with Gasteiger partial charge in [-0.05, 0) is 55.4 Å². The van der Waals surface area contributed by atoms with Gasteiger partial charge < -0.3 is 11.1 Å². The van der Waals surface area contributed by atoms with E-state index in [4.69, 9.17) is 5.73 Å². The Bertz CT molecular complexity index is 722. The average Bonchev–Trinajstić information content (AvgIpc) is 3.21. The van der Waals surface area contributed by atoms with Crippen molar-refractivity contribution in [2.24, 2.45) is 5.73 Å². The van der Waals surface area contributed by atoms with Gasteiger partial charge in [0.1, 0.15) is 0 Å². The van der Waals surface area contributed by atoms with Gasteiger partial charge in [-0.1, -0.05) is 18.9 Å². The Morgan fingerprint density at radius 1 is 1.12 bits per heavy atom.